The summed E-state index contributed by atoms with van der Waals surface area (Å²) >= 11 is 2.69. The summed E-state index contributed by atoms with van der Waals surface area (Å²) in [5, 5.41) is 0. The Labute approximate surface area is 83.3 Å². The van der Waals surface area contributed by atoms with E-state index in [1.54, 1.807) is 12.8 Å². The normalized spacial score (nSPS) is 45.0. The van der Waals surface area contributed by atoms with E-state index in [0.29, 0.717) is 0 Å². The predicted molar refractivity (Wildman–Crippen MR) is 57.1 cm³/mol. The summed E-state index contributed by atoms with van der Waals surface area (Å²) in [7, 11) is 0. The van der Waals surface area contributed by atoms with Crippen LogP contribution in [-0.2, 0) is 0 Å². The van der Waals surface area contributed by atoms with E-state index in [1.807, 2.05) is 0 Å². The highest BCUT2D eigenvalue weighted by Crippen LogP contribution is 2.43. The number of fused-ring (bicyclic) bond motifs is 1. The molecule has 0 aromatic carbocycles. The molecule has 0 bridgehead atoms. The van der Waals surface area contributed by atoms with Gasteiger partial charge in [0, 0.05) is 3.92 Å². The van der Waals surface area contributed by atoms with Crippen LogP contribution in [0, 0.1) is 11.8 Å². The molecule has 2 aliphatic rings. The van der Waals surface area contributed by atoms with Crippen molar-refractivity contribution in [2.24, 2.45) is 11.8 Å². The first-order valence-electron chi connectivity index (χ1n) is 5.02. The lowest BCUT2D eigenvalue weighted by atomic mass is 9.71. The fourth-order valence-corrected chi connectivity index (χ4v) is 4.25. The van der Waals surface area contributed by atoms with E-state index in [9.17, 15) is 0 Å². The summed E-state index contributed by atoms with van der Waals surface area (Å²) in [6, 6.07) is 0. The first-order chi connectivity index (χ1) is 5.38. The molecular formula is C10H17I. The van der Waals surface area contributed by atoms with E-state index < -0.39 is 0 Å². The van der Waals surface area contributed by atoms with Crippen molar-refractivity contribution in [3.8, 4) is 0 Å². The maximum atomic E-state index is 2.69. The molecule has 2 saturated carbocycles. The summed E-state index contributed by atoms with van der Waals surface area (Å²) < 4.78 is 1.02. The maximum Gasteiger partial charge on any atom is 0.0140 e. The van der Waals surface area contributed by atoms with Crippen LogP contribution in [0.15, 0.2) is 0 Å². The second-order valence-corrected chi connectivity index (χ2v) is 5.76. The number of halogens is 1. The maximum absolute atomic E-state index is 2.69. The molecule has 0 aliphatic heterocycles. The Balaban J connectivity index is 1.99. The van der Waals surface area contributed by atoms with E-state index in [4.69, 9.17) is 0 Å². The smallest absolute Gasteiger partial charge is 0.0140 e. The van der Waals surface area contributed by atoms with Crippen LogP contribution >= 0.6 is 22.6 Å². The molecule has 0 saturated heterocycles. The molecule has 11 heavy (non-hydrogen) atoms. The minimum absolute atomic E-state index is 1.02. The largest absolute Gasteiger partial charge is 0.0823 e. The van der Waals surface area contributed by atoms with Gasteiger partial charge in [0.1, 0.15) is 0 Å². The third kappa shape index (κ3) is 1.73. The van der Waals surface area contributed by atoms with Crippen molar-refractivity contribution in [2.45, 2.75) is 48.9 Å². The average molecular weight is 264 g/mol. The SMILES string of the molecule is IC1CCC[C@H]2CCCC[C@@H]12. The van der Waals surface area contributed by atoms with Crippen molar-refractivity contribution in [3.63, 3.8) is 0 Å². The summed E-state index contributed by atoms with van der Waals surface area (Å²) in [6.07, 6.45) is 10.7. The van der Waals surface area contributed by atoms with Crippen molar-refractivity contribution < 1.29 is 0 Å². The lowest BCUT2D eigenvalue weighted by molar-refractivity contribution is 0.184. The minimum Gasteiger partial charge on any atom is -0.0823 e. The average Bonchev–Trinajstić information content (AvgIpc) is 2.06. The molecule has 0 spiro atoms. The van der Waals surface area contributed by atoms with Crippen LogP contribution in [-0.4, -0.2) is 3.92 Å². The van der Waals surface area contributed by atoms with Crippen LogP contribution in [0.3, 0.4) is 0 Å². The zero-order chi connectivity index (χ0) is 7.68. The molecule has 1 unspecified atom stereocenters. The molecule has 0 amide bonds. The van der Waals surface area contributed by atoms with Crippen LogP contribution in [0.5, 0.6) is 0 Å². The highest BCUT2D eigenvalue weighted by Gasteiger charge is 2.32. The molecule has 3 atom stereocenters. The van der Waals surface area contributed by atoms with E-state index >= 15 is 0 Å². The first-order valence-corrected chi connectivity index (χ1v) is 6.26. The van der Waals surface area contributed by atoms with Gasteiger partial charge >= 0.3 is 0 Å². The van der Waals surface area contributed by atoms with E-state index in [0.717, 1.165) is 15.8 Å². The van der Waals surface area contributed by atoms with Crippen LogP contribution < -0.4 is 0 Å². The quantitative estimate of drug-likeness (QED) is 0.461. The van der Waals surface area contributed by atoms with Crippen molar-refractivity contribution in [1.29, 1.82) is 0 Å². The van der Waals surface area contributed by atoms with Crippen LogP contribution in [0.4, 0.5) is 0 Å². The molecule has 0 aromatic rings. The Bertz CT molecular complexity index is 131. The Morgan fingerprint density at radius 1 is 0.818 bits per heavy atom. The summed E-state index contributed by atoms with van der Waals surface area (Å²) in [4.78, 5) is 0. The summed E-state index contributed by atoms with van der Waals surface area (Å²) in [5.74, 6) is 2.23. The van der Waals surface area contributed by atoms with Crippen molar-refractivity contribution >= 4 is 22.6 Å². The molecule has 0 aromatic heterocycles. The Morgan fingerprint density at radius 2 is 1.55 bits per heavy atom. The van der Waals surface area contributed by atoms with Crippen molar-refractivity contribution in [2.75, 3.05) is 0 Å². The third-order valence-electron chi connectivity index (χ3n) is 3.49. The van der Waals surface area contributed by atoms with Gasteiger partial charge in [-0.15, -0.1) is 0 Å². The van der Waals surface area contributed by atoms with Gasteiger partial charge in [-0.1, -0.05) is 54.7 Å². The van der Waals surface area contributed by atoms with Crippen LogP contribution in [0.2, 0.25) is 0 Å². The first kappa shape index (κ1) is 8.33. The van der Waals surface area contributed by atoms with Gasteiger partial charge in [-0.05, 0) is 24.7 Å². The Hall–Kier alpha value is 0.730. The molecule has 0 nitrogen and oxygen atoms in total. The van der Waals surface area contributed by atoms with Gasteiger partial charge in [0.05, 0.1) is 0 Å². The second kappa shape index (κ2) is 3.63. The van der Waals surface area contributed by atoms with Gasteiger partial charge < -0.3 is 0 Å². The molecule has 64 valence electrons. The standard InChI is InChI=1S/C10H17I/c11-10-7-3-5-8-4-1-2-6-9(8)10/h8-10H,1-7H2/t8-,9-,10?/m1/s1. The molecule has 2 aliphatic carbocycles. The van der Waals surface area contributed by atoms with Gasteiger partial charge in [-0.2, -0.15) is 0 Å². The van der Waals surface area contributed by atoms with Crippen molar-refractivity contribution in [3.05, 3.63) is 0 Å². The third-order valence-corrected chi connectivity index (χ3v) is 5.03. The molecule has 0 N–H and O–H groups in total. The molecule has 1 heteroatoms. The number of rotatable bonds is 0. The van der Waals surface area contributed by atoms with E-state index in [1.165, 1.54) is 32.1 Å². The Morgan fingerprint density at radius 3 is 2.36 bits per heavy atom. The van der Waals surface area contributed by atoms with Gasteiger partial charge in [-0.25, -0.2) is 0 Å². The van der Waals surface area contributed by atoms with Gasteiger partial charge in [0.15, 0.2) is 0 Å². The molecule has 2 rings (SSSR count). The monoisotopic (exact) mass is 264 g/mol. The topological polar surface area (TPSA) is 0 Å². The van der Waals surface area contributed by atoms with Gasteiger partial charge in [0.25, 0.3) is 0 Å². The fourth-order valence-electron chi connectivity index (χ4n) is 2.86. The highest BCUT2D eigenvalue weighted by atomic mass is 127. The van der Waals surface area contributed by atoms with Gasteiger partial charge in [0.2, 0.25) is 0 Å². The van der Waals surface area contributed by atoms with E-state index in [2.05, 4.69) is 22.6 Å². The zero-order valence-electron chi connectivity index (χ0n) is 7.06. The zero-order valence-corrected chi connectivity index (χ0v) is 9.22. The van der Waals surface area contributed by atoms with Crippen LogP contribution in [0.1, 0.15) is 44.9 Å². The van der Waals surface area contributed by atoms with E-state index in [-0.39, 0.29) is 0 Å². The minimum atomic E-state index is 1.02. The number of alkyl halides is 1. The number of hydrogen-bond acceptors (Lipinski definition) is 0. The molecule has 2 fully saturated rings. The lowest BCUT2D eigenvalue weighted by Crippen LogP contribution is -2.30. The summed E-state index contributed by atoms with van der Waals surface area (Å²) in [5.41, 5.74) is 0. The molecule has 0 radical (unpaired) electrons. The second-order valence-electron chi connectivity index (χ2n) is 4.16. The van der Waals surface area contributed by atoms with Crippen molar-refractivity contribution in [1.82, 2.24) is 0 Å². The lowest BCUT2D eigenvalue weighted by Gasteiger charge is -2.38. The van der Waals surface area contributed by atoms with Gasteiger partial charge in [-0.3, -0.25) is 0 Å². The fraction of sp³-hybridized carbons (Fsp3) is 1.00. The predicted octanol–water partition coefficient (Wildman–Crippen LogP) is 3.78. The summed E-state index contributed by atoms with van der Waals surface area (Å²) in [6.45, 7) is 0. The number of hydrogen-bond donors (Lipinski definition) is 0. The van der Waals surface area contributed by atoms with Crippen LogP contribution in [0.25, 0.3) is 0 Å². The molecule has 0 heterocycles. The molecular weight excluding hydrogens is 247 g/mol. The highest BCUT2D eigenvalue weighted by molar-refractivity contribution is 14.1. The Kier molecular flexibility index (Phi) is 2.75.